The molecule has 3 aromatic rings. The number of hydrogen-bond acceptors (Lipinski definition) is 4. The first-order chi connectivity index (χ1) is 10.7. The van der Waals surface area contributed by atoms with Gasteiger partial charge in [0.1, 0.15) is 18.0 Å². The maximum atomic E-state index is 11.7. The average molecular weight is 291 g/mol. The normalized spacial score (nSPS) is 13.4. The number of rotatable bonds is 1. The molecule has 0 aliphatic carbocycles. The lowest BCUT2D eigenvalue weighted by molar-refractivity contribution is 0.372. The lowest BCUT2D eigenvalue weighted by Crippen LogP contribution is -2.16. The van der Waals surface area contributed by atoms with E-state index in [9.17, 15) is 4.79 Å². The molecule has 4 nitrogen and oxygen atoms in total. The van der Waals surface area contributed by atoms with Gasteiger partial charge in [0.15, 0.2) is 5.58 Å². The van der Waals surface area contributed by atoms with Crippen LogP contribution in [0, 0.1) is 6.92 Å². The monoisotopic (exact) mass is 291 g/mol. The van der Waals surface area contributed by atoms with E-state index in [4.69, 9.17) is 9.15 Å². The van der Waals surface area contributed by atoms with E-state index < -0.39 is 0 Å². The lowest BCUT2D eigenvalue weighted by atomic mass is 10.1. The smallest absolute Gasteiger partial charge is 0.336 e. The molecular weight excluding hydrogens is 278 g/mol. The summed E-state index contributed by atoms with van der Waals surface area (Å²) >= 11 is 0. The van der Waals surface area contributed by atoms with Crippen LogP contribution in [0.15, 0.2) is 62.7 Å². The molecule has 22 heavy (non-hydrogen) atoms. The van der Waals surface area contributed by atoms with Crippen molar-refractivity contribution >= 4 is 22.4 Å². The van der Waals surface area contributed by atoms with Crippen LogP contribution < -0.4 is 10.4 Å². The number of benzene rings is 2. The zero-order valence-corrected chi connectivity index (χ0v) is 12.0. The molecule has 1 aromatic heterocycles. The van der Waals surface area contributed by atoms with Crippen molar-refractivity contribution < 1.29 is 9.15 Å². The highest BCUT2D eigenvalue weighted by Gasteiger charge is 2.19. The van der Waals surface area contributed by atoms with Crippen molar-refractivity contribution in [2.24, 2.45) is 4.99 Å². The molecule has 0 bridgehead atoms. The number of nitrogens with zero attached hydrogens (tertiary/aromatic N) is 1. The van der Waals surface area contributed by atoms with Crippen molar-refractivity contribution in [2.75, 3.05) is 6.61 Å². The van der Waals surface area contributed by atoms with Gasteiger partial charge in [0.2, 0.25) is 0 Å². The predicted molar refractivity (Wildman–Crippen MR) is 85.4 cm³/mol. The van der Waals surface area contributed by atoms with E-state index in [1.807, 2.05) is 49.4 Å². The third kappa shape index (κ3) is 2.00. The van der Waals surface area contributed by atoms with Gasteiger partial charge in [-0.25, -0.2) is 9.79 Å². The summed E-state index contributed by atoms with van der Waals surface area (Å²) in [6.07, 6.45) is 0. The van der Waals surface area contributed by atoms with Gasteiger partial charge in [-0.3, -0.25) is 0 Å². The summed E-state index contributed by atoms with van der Waals surface area (Å²) in [5, 5.41) is 0.875. The zero-order chi connectivity index (χ0) is 15.1. The molecule has 108 valence electrons. The topological polar surface area (TPSA) is 51.8 Å². The fourth-order valence-electron chi connectivity index (χ4n) is 2.67. The summed E-state index contributed by atoms with van der Waals surface area (Å²) in [7, 11) is 0. The fraction of sp³-hybridized carbons (Fsp3) is 0.111. The molecule has 0 unspecified atom stereocenters. The molecule has 4 rings (SSSR count). The second-order valence-electron chi connectivity index (χ2n) is 5.25. The number of fused-ring (bicyclic) bond motifs is 3. The zero-order valence-electron chi connectivity index (χ0n) is 12.0. The lowest BCUT2D eigenvalue weighted by Gasteiger charge is -2.18. The average Bonchev–Trinajstić information content (AvgIpc) is 2.55. The van der Waals surface area contributed by atoms with Gasteiger partial charge in [-0.15, -0.1) is 0 Å². The van der Waals surface area contributed by atoms with Crippen molar-refractivity contribution in [1.82, 2.24) is 0 Å². The van der Waals surface area contributed by atoms with Crippen molar-refractivity contribution in [2.45, 2.75) is 6.92 Å². The number of aliphatic imine (C=N–C) groups is 1. The van der Waals surface area contributed by atoms with Crippen LogP contribution in [-0.4, -0.2) is 12.3 Å². The maximum absolute atomic E-state index is 11.7. The largest absolute Gasteiger partial charge is 0.485 e. The Hall–Kier alpha value is -2.88. The highest BCUT2D eigenvalue weighted by Crippen LogP contribution is 2.38. The molecule has 0 N–H and O–H groups in total. The predicted octanol–water partition coefficient (Wildman–Crippen LogP) is 3.61. The molecule has 0 fully saturated rings. The first kappa shape index (κ1) is 12.8. The minimum absolute atomic E-state index is 0.375. The van der Waals surface area contributed by atoms with Gasteiger partial charge in [-0.05, 0) is 30.2 Å². The molecular formula is C18H13NO3. The van der Waals surface area contributed by atoms with Gasteiger partial charge < -0.3 is 9.15 Å². The molecule has 4 heteroatoms. The molecule has 1 aliphatic heterocycles. The van der Waals surface area contributed by atoms with Gasteiger partial charge >= 0.3 is 5.63 Å². The van der Waals surface area contributed by atoms with Gasteiger partial charge in [-0.2, -0.15) is 0 Å². The Morgan fingerprint density at radius 1 is 1.09 bits per heavy atom. The second kappa shape index (κ2) is 4.84. The summed E-state index contributed by atoms with van der Waals surface area (Å²) in [4.78, 5) is 16.4. The molecule has 2 heterocycles. The summed E-state index contributed by atoms with van der Waals surface area (Å²) < 4.78 is 11.2. The summed E-state index contributed by atoms with van der Waals surface area (Å²) in [6, 6.07) is 15.1. The Kier molecular flexibility index (Phi) is 2.82. The molecule has 0 saturated heterocycles. The highest BCUT2D eigenvalue weighted by molar-refractivity contribution is 6.07. The van der Waals surface area contributed by atoms with Crippen LogP contribution in [0.4, 0.5) is 5.69 Å². The Balaban J connectivity index is 1.99. The molecule has 0 radical (unpaired) electrons. The van der Waals surface area contributed by atoms with E-state index in [2.05, 4.69) is 4.99 Å². The molecule has 0 amide bonds. The van der Waals surface area contributed by atoms with Crippen LogP contribution in [0.25, 0.3) is 11.0 Å². The van der Waals surface area contributed by atoms with Crippen molar-refractivity contribution in [3.63, 3.8) is 0 Å². The van der Waals surface area contributed by atoms with Gasteiger partial charge in [-0.1, -0.05) is 30.3 Å². The molecule has 0 atom stereocenters. The van der Waals surface area contributed by atoms with E-state index in [1.54, 1.807) is 0 Å². The minimum atomic E-state index is -0.375. The number of aryl methyl sites for hydroxylation is 1. The SMILES string of the molecule is Cc1cc(=O)oc2c3c(ccc12)OCC(c1ccccc1)=N3. The second-order valence-corrected chi connectivity index (χ2v) is 5.25. The van der Waals surface area contributed by atoms with E-state index in [-0.39, 0.29) is 5.63 Å². The molecule has 2 aromatic carbocycles. The number of ether oxygens (including phenoxy) is 1. The van der Waals surface area contributed by atoms with Crippen LogP contribution in [0.1, 0.15) is 11.1 Å². The van der Waals surface area contributed by atoms with Crippen LogP contribution in [0.2, 0.25) is 0 Å². The van der Waals surface area contributed by atoms with E-state index >= 15 is 0 Å². The fourth-order valence-corrected chi connectivity index (χ4v) is 2.67. The third-order valence-electron chi connectivity index (χ3n) is 3.77. The summed E-state index contributed by atoms with van der Waals surface area (Å²) in [5.41, 5.74) is 3.39. The molecule has 0 saturated carbocycles. The molecule has 1 aliphatic rings. The summed E-state index contributed by atoms with van der Waals surface area (Å²) in [6.45, 7) is 2.29. The quantitative estimate of drug-likeness (QED) is 0.643. The maximum Gasteiger partial charge on any atom is 0.336 e. The van der Waals surface area contributed by atoms with Crippen LogP contribution in [-0.2, 0) is 0 Å². The Labute approximate surface area is 126 Å². The van der Waals surface area contributed by atoms with Crippen molar-refractivity contribution in [3.05, 3.63) is 70.1 Å². The van der Waals surface area contributed by atoms with Crippen LogP contribution in [0.3, 0.4) is 0 Å². The van der Waals surface area contributed by atoms with Gasteiger partial charge in [0.05, 0.1) is 5.71 Å². The van der Waals surface area contributed by atoms with Crippen molar-refractivity contribution in [1.29, 1.82) is 0 Å². The minimum Gasteiger partial charge on any atom is -0.485 e. The first-order valence-corrected chi connectivity index (χ1v) is 7.05. The first-order valence-electron chi connectivity index (χ1n) is 7.05. The van der Waals surface area contributed by atoms with E-state index in [1.165, 1.54) is 6.07 Å². The van der Waals surface area contributed by atoms with Gasteiger partial charge in [0, 0.05) is 11.5 Å². The van der Waals surface area contributed by atoms with Crippen molar-refractivity contribution in [3.8, 4) is 5.75 Å². The Morgan fingerprint density at radius 3 is 2.73 bits per heavy atom. The Morgan fingerprint density at radius 2 is 1.91 bits per heavy atom. The third-order valence-corrected chi connectivity index (χ3v) is 3.77. The molecule has 0 spiro atoms. The van der Waals surface area contributed by atoms with Crippen LogP contribution >= 0.6 is 0 Å². The van der Waals surface area contributed by atoms with E-state index in [0.29, 0.717) is 23.6 Å². The standard InChI is InChI=1S/C18H13NO3/c1-11-9-16(20)22-18-13(11)7-8-15-17(18)19-14(10-21-15)12-5-3-2-4-6-12/h2-9H,10H2,1H3. The number of hydrogen-bond donors (Lipinski definition) is 0. The van der Waals surface area contributed by atoms with E-state index in [0.717, 1.165) is 22.2 Å². The van der Waals surface area contributed by atoms with Gasteiger partial charge in [0.25, 0.3) is 0 Å². The summed E-state index contributed by atoms with van der Waals surface area (Å²) in [5.74, 6) is 0.640. The highest BCUT2D eigenvalue weighted by atomic mass is 16.5. The van der Waals surface area contributed by atoms with Crippen LogP contribution in [0.5, 0.6) is 5.75 Å². The Bertz CT molecular complexity index is 955.